The molecule has 0 amide bonds. The van der Waals surface area contributed by atoms with E-state index in [-0.39, 0.29) is 15.0 Å². The van der Waals surface area contributed by atoms with Gasteiger partial charge in [0.1, 0.15) is 0 Å². The number of aromatic nitrogens is 1. The summed E-state index contributed by atoms with van der Waals surface area (Å²) < 4.78 is 4.64. The SMILES string of the molecule is O=Cc1c([Se]c2ccccc2)ccc2c1c1ccccc1n2-c1ccccc1. The Hall–Kier alpha value is -3.13. The summed E-state index contributed by atoms with van der Waals surface area (Å²) in [6.07, 6.45) is 1.03. The predicted molar refractivity (Wildman–Crippen MR) is 118 cm³/mol. The van der Waals surface area contributed by atoms with Crippen molar-refractivity contribution in [3.63, 3.8) is 0 Å². The van der Waals surface area contributed by atoms with Gasteiger partial charge in [-0.3, -0.25) is 0 Å². The van der Waals surface area contributed by atoms with E-state index in [1.165, 1.54) is 4.46 Å². The molecular weight excluding hydrogens is 409 g/mol. The fourth-order valence-corrected chi connectivity index (χ4v) is 5.72. The van der Waals surface area contributed by atoms with E-state index in [1.54, 1.807) is 0 Å². The molecule has 3 heteroatoms. The molecule has 4 aromatic carbocycles. The number of carbonyl (C=O) groups excluding carboxylic acids is 1. The van der Waals surface area contributed by atoms with Gasteiger partial charge in [0, 0.05) is 0 Å². The van der Waals surface area contributed by atoms with Crippen LogP contribution in [0.15, 0.2) is 97.1 Å². The predicted octanol–water partition coefficient (Wildman–Crippen LogP) is 4.25. The molecule has 0 saturated heterocycles. The molecule has 0 radical (unpaired) electrons. The Morgan fingerprint density at radius 3 is 2.11 bits per heavy atom. The van der Waals surface area contributed by atoms with E-state index in [4.69, 9.17) is 0 Å². The first kappa shape index (κ1) is 17.0. The molecule has 0 atom stereocenters. The number of aldehydes is 1. The summed E-state index contributed by atoms with van der Waals surface area (Å²) in [5, 5.41) is 2.17. The van der Waals surface area contributed by atoms with Crippen LogP contribution in [-0.2, 0) is 0 Å². The summed E-state index contributed by atoms with van der Waals surface area (Å²) in [5.41, 5.74) is 4.11. The standard InChI is InChI=1S/C25H17NOSe/c27-17-21-24(28-19-11-5-2-6-12-19)16-15-23-25(21)20-13-7-8-14-22(20)26(23)18-9-3-1-4-10-18/h1-17H. The Labute approximate surface area is 169 Å². The molecule has 28 heavy (non-hydrogen) atoms. The van der Waals surface area contributed by atoms with E-state index in [2.05, 4.69) is 71.3 Å². The summed E-state index contributed by atoms with van der Waals surface area (Å²) in [6, 6.07) is 33.3. The van der Waals surface area contributed by atoms with E-state index in [1.807, 2.05) is 30.3 Å². The molecule has 0 bridgehead atoms. The third-order valence-electron chi connectivity index (χ3n) is 4.94. The summed E-state index contributed by atoms with van der Waals surface area (Å²) in [5.74, 6) is 0. The maximum absolute atomic E-state index is 12.2. The molecule has 134 valence electrons. The van der Waals surface area contributed by atoms with Gasteiger partial charge in [0.2, 0.25) is 0 Å². The van der Waals surface area contributed by atoms with E-state index >= 15 is 0 Å². The Morgan fingerprint density at radius 2 is 1.36 bits per heavy atom. The van der Waals surface area contributed by atoms with Gasteiger partial charge in [0.05, 0.1) is 0 Å². The van der Waals surface area contributed by atoms with Crippen LogP contribution in [0.5, 0.6) is 0 Å². The summed E-state index contributed by atoms with van der Waals surface area (Å²) in [6.45, 7) is 0. The number of carbonyl (C=O) groups is 1. The molecule has 1 aromatic heterocycles. The average Bonchev–Trinajstić information content (AvgIpc) is 3.09. The van der Waals surface area contributed by atoms with Gasteiger partial charge >= 0.3 is 170 Å². The van der Waals surface area contributed by atoms with Crippen molar-refractivity contribution in [1.82, 2.24) is 4.57 Å². The molecule has 5 aromatic rings. The molecular formula is C25H17NOSe. The number of nitrogens with zero attached hydrogens (tertiary/aromatic N) is 1. The van der Waals surface area contributed by atoms with Gasteiger partial charge < -0.3 is 0 Å². The van der Waals surface area contributed by atoms with Crippen LogP contribution in [0, 0.1) is 0 Å². The molecule has 0 spiro atoms. The van der Waals surface area contributed by atoms with Crippen molar-refractivity contribution in [1.29, 1.82) is 0 Å². The second kappa shape index (κ2) is 7.12. The van der Waals surface area contributed by atoms with E-state index in [0.717, 1.165) is 43.8 Å². The Bertz CT molecular complexity index is 1290. The maximum atomic E-state index is 12.2. The zero-order chi connectivity index (χ0) is 18.9. The first-order chi connectivity index (χ1) is 13.9. The fourth-order valence-electron chi connectivity index (χ4n) is 3.74. The molecule has 0 unspecified atom stereocenters. The van der Waals surface area contributed by atoms with Crippen LogP contribution in [0.3, 0.4) is 0 Å². The topological polar surface area (TPSA) is 22.0 Å². The van der Waals surface area contributed by atoms with Crippen LogP contribution in [0.2, 0.25) is 0 Å². The monoisotopic (exact) mass is 427 g/mol. The van der Waals surface area contributed by atoms with Crippen LogP contribution in [0.25, 0.3) is 27.5 Å². The van der Waals surface area contributed by atoms with Gasteiger partial charge in [-0.05, 0) is 0 Å². The number of hydrogen-bond donors (Lipinski definition) is 0. The van der Waals surface area contributed by atoms with E-state index in [9.17, 15) is 4.79 Å². The molecule has 1 heterocycles. The van der Waals surface area contributed by atoms with Gasteiger partial charge in [0.15, 0.2) is 0 Å². The molecule has 0 saturated carbocycles. The van der Waals surface area contributed by atoms with Crippen molar-refractivity contribution in [3.05, 3.63) is 103 Å². The van der Waals surface area contributed by atoms with E-state index in [0.29, 0.717) is 0 Å². The van der Waals surface area contributed by atoms with Gasteiger partial charge in [-0.1, -0.05) is 0 Å². The fraction of sp³-hybridized carbons (Fsp3) is 0. The quantitative estimate of drug-likeness (QED) is 0.311. The van der Waals surface area contributed by atoms with Crippen molar-refractivity contribution >= 4 is 52.0 Å². The Balaban J connectivity index is 1.83. The second-order valence-electron chi connectivity index (χ2n) is 6.59. The normalized spacial score (nSPS) is 11.1. The molecule has 2 nitrogen and oxygen atoms in total. The van der Waals surface area contributed by atoms with Gasteiger partial charge in [-0.2, -0.15) is 0 Å². The number of fused-ring (bicyclic) bond motifs is 3. The number of benzene rings is 4. The molecule has 0 N–H and O–H groups in total. The number of hydrogen-bond acceptors (Lipinski definition) is 1. The third kappa shape index (κ3) is 2.77. The van der Waals surface area contributed by atoms with Crippen LogP contribution in [0.1, 0.15) is 10.4 Å². The van der Waals surface area contributed by atoms with E-state index < -0.39 is 0 Å². The Morgan fingerprint density at radius 1 is 0.679 bits per heavy atom. The van der Waals surface area contributed by atoms with Gasteiger partial charge in [0.25, 0.3) is 0 Å². The van der Waals surface area contributed by atoms with Gasteiger partial charge in [-0.15, -0.1) is 0 Å². The number of rotatable bonds is 4. The van der Waals surface area contributed by atoms with Crippen molar-refractivity contribution in [3.8, 4) is 5.69 Å². The molecule has 0 aliphatic heterocycles. The number of para-hydroxylation sites is 2. The molecule has 5 rings (SSSR count). The molecule has 0 aliphatic carbocycles. The zero-order valence-electron chi connectivity index (χ0n) is 15.1. The summed E-state index contributed by atoms with van der Waals surface area (Å²) in [4.78, 5) is 12.2. The van der Waals surface area contributed by atoms with Crippen LogP contribution in [-0.4, -0.2) is 25.8 Å². The second-order valence-corrected chi connectivity index (χ2v) is 8.93. The van der Waals surface area contributed by atoms with Crippen molar-refractivity contribution < 1.29 is 4.79 Å². The zero-order valence-corrected chi connectivity index (χ0v) is 16.8. The van der Waals surface area contributed by atoms with Crippen molar-refractivity contribution in [2.75, 3.05) is 0 Å². The minimum atomic E-state index is 0.0850. The van der Waals surface area contributed by atoms with Gasteiger partial charge in [-0.25, -0.2) is 0 Å². The van der Waals surface area contributed by atoms with Crippen LogP contribution < -0.4 is 8.92 Å². The molecule has 0 aliphatic rings. The Kier molecular flexibility index (Phi) is 4.32. The third-order valence-corrected chi connectivity index (χ3v) is 7.22. The van der Waals surface area contributed by atoms with Crippen molar-refractivity contribution in [2.45, 2.75) is 0 Å². The summed E-state index contributed by atoms with van der Waals surface area (Å²) in [7, 11) is 0. The van der Waals surface area contributed by atoms with Crippen LogP contribution in [0.4, 0.5) is 0 Å². The summed E-state index contributed by atoms with van der Waals surface area (Å²) >= 11 is 0.0850. The molecule has 0 fully saturated rings. The van der Waals surface area contributed by atoms with Crippen LogP contribution >= 0.6 is 0 Å². The minimum absolute atomic E-state index is 0.0850. The first-order valence-corrected chi connectivity index (χ1v) is 10.9. The first-order valence-electron chi connectivity index (χ1n) is 9.16. The van der Waals surface area contributed by atoms with Crippen molar-refractivity contribution in [2.24, 2.45) is 0 Å². The average molecular weight is 426 g/mol.